The van der Waals surface area contributed by atoms with Crippen molar-refractivity contribution in [2.45, 2.75) is 13.3 Å². The third-order valence-electron chi connectivity index (χ3n) is 6.90. The zero-order chi connectivity index (χ0) is 31.1. The van der Waals surface area contributed by atoms with E-state index in [2.05, 4.69) is 10.6 Å². The maximum absolute atomic E-state index is 13.3. The van der Waals surface area contributed by atoms with E-state index >= 15 is 0 Å². The number of esters is 1. The summed E-state index contributed by atoms with van der Waals surface area (Å²) in [6.07, 6.45) is 0.268. The van der Waals surface area contributed by atoms with Gasteiger partial charge in [0.1, 0.15) is 6.54 Å². The van der Waals surface area contributed by atoms with Crippen LogP contribution in [0.15, 0.2) is 72.8 Å². The number of nitrogens with one attached hydrogen (secondary N) is 2. The first-order valence-corrected chi connectivity index (χ1v) is 14.0. The largest absolute Gasteiger partial charge is 0.462 e. The monoisotopic (exact) mass is 583 g/mol. The average Bonchev–Trinajstić information content (AvgIpc) is 3.32. The molecule has 0 saturated heterocycles. The molecular formula is C33H37N5O5. The van der Waals surface area contributed by atoms with Gasteiger partial charge in [-0.25, -0.2) is 4.79 Å². The SMILES string of the molecule is CCOC(=O)c1ccc2c(c1)NC(=O)C2=C(Nc1ccc(N(CC(=O)N(C)C)C(=O)CCN(C)C)cc1)c1ccccc1. The van der Waals surface area contributed by atoms with Crippen molar-refractivity contribution in [1.82, 2.24) is 9.80 Å². The Morgan fingerprint density at radius 2 is 1.56 bits per heavy atom. The van der Waals surface area contributed by atoms with E-state index < -0.39 is 5.97 Å². The van der Waals surface area contributed by atoms with Crippen molar-refractivity contribution in [3.8, 4) is 0 Å². The number of amides is 3. The molecule has 1 aliphatic heterocycles. The van der Waals surface area contributed by atoms with Gasteiger partial charge in [-0.3, -0.25) is 14.4 Å². The predicted molar refractivity (Wildman–Crippen MR) is 169 cm³/mol. The fourth-order valence-electron chi connectivity index (χ4n) is 4.57. The molecule has 224 valence electrons. The number of rotatable bonds is 11. The van der Waals surface area contributed by atoms with Crippen LogP contribution in [-0.4, -0.2) is 81.4 Å². The maximum Gasteiger partial charge on any atom is 0.338 e. The lowest BCUT2D eigenvalue weighted by Gasteiger charge is -2.25. The number of ether oxygens (including phenoxy) is 1. The van der Waals surface area contributed by atoms with Gasteiger partial charge in [0.25, 0.3) is 5.91 Å². The fourth-order valence-corrected chi connectivity index (χ4v) is 4.57. The van der Waals surface area contributed by atoms with Gasteiger partial charge in [0.05, 0.1) is 29.1 Å². The van der Waals surface area contributed by atoms with Gasteiger partial charge in [-0.15, -0.1) is 0 Å². The second-order valence-corrected chi connectivity index (χ2v) is 10.5. The summed E-state index contributed by atoms with van der Waals surface area (Å²) in [4.78, 5) is 56.1. The molecule has 0 radical (unpaired) electrons. The summed E-state index contributed by atoms with van der Waals surface area (Å²) >= 11 is 0. The Bertz CT molecular complexity index is 1530. The van der Waals surface area contributed by atoms with Crippen LogP contribution in [0.1, 0.15) is 34.8 Å². The number of anilines is 3. The molecule has 0 atom stereocenters. The highest BCUT2D eigenvalue weighted by Crippen LogP contribution is 2.38. The van der Waals surface area contributed by atoms with Crippen LogP contribution < -0.4 is 15.5 Å². The Morgan fingerprint density at radius 3 is 2.19 bits per heavy atom. The molecule has 0 aliphatic carbocycles. The van der Waals surface area contributed by atoms with Crippen molar-refractivity contribution < 1.29 is 23.9 Å². The number of hydrogen-bond donors (Lipinski definition) is 2. The van der Waals surface area contributed by atoms with E-state index in [1.165, 1.54) is 9.80 Å². The standard InChI is InChI=1S/C33H37N5O5/c1-6-43-33(42)23-12-17-26-27(20-23)35-32(41)30(26)31(22-10-8-7-9-11-22)34-24-13-15-25(16-14-24)38(21-29(40)37(4)5)28(39)18-19-36(2)3/h7-17,20,34H,6,18-19,21H2,1-5H3,(H,35,41). The number of benzene rings is 3. The number of carbonyl (C=O) groups excluding carboxylic acids is 4. The molecule has 43 heavy (non-hydrogen) atoms. The minimum absolute atomic E-state index is 0.0733. The molecule has 0 aromatic heterocycles. The first-order valence-electron chi connectivity index (χ1n) is 14.0. The van der Waals surface area contributed by atoms with Crippen molar-refractivity contribution in [2.24, 2.45) is 0 Å². The van der Waals surface area contributed by atoms with Crippen molar-refractivity contribution in [3.63, 3.8) is 0 Å². The minimum Gasteiger partial charge on any atom is -0.462 e. The van der Waals surface area contributed by atoms with Crippen LogP contribution in [0.5, 0.6) is 0 Å². The van der Waals surface area contributed by atoms with Crippen LogP contribution in [-0.2, 0) is 19.1 Å². The van der Waals surface area contributed by atoms with Crippen molar-refractivity contribution in [2.75, 3.05) is 63.4 Å². The van der Waals surface area contributed by atoms with E-state index in [1.807, 2.05) is 61.5 Å². The fraction of sp³-hybridized carbons (Fsp3) is 0.273. The van der Waals surface area contributed by atoms with Gasteiger partial charge >= 0.3 is 5.97 Å². The van der Waals surface area contributed by atoms with E-state index in [0.717, 1.165) is 5.56 Å². The van der Waals surface area contributed by atoms with Gasteiger partial charge in [-0.05, 0) is 63.0 Å². The Morgan fingerprint density at radius 1 is 0.860 bits per heavy atom. The van der Waals surface area contributed by atoms with Crippen molar-refractivity contribution in [3.05, 3.63) is 89.5 Å². The highest BCUT2D eigenvalue weighted by Gasteiger charge is 2.29. The molecule has 10 nitrogen and oxygen atoms in total. The molecule has 0 saturated carbocycles. The minimum atomic E-state index is -0.458. The van der Waals surface area contributed by atoms with Crippen LogP contribution in [0.2, 0.25) is 0 Å². The molecule has 0 bridgehead atoms. The number of hydrogen-bond acceptors (Lipinski definition) is 7. The summed E-state index contributed by atoms with van der Waals surface area (Å²) in [5.74, 6) is -1.11. The Hall–Kier alpha value is -4.96. The summed E-state index contributed by atoms with van der Waals surface area (Å²) in [7, 11) is 7.10. The molecule has 2 N–H and O–H groups in total. The summed E-state index contributed by atoms with van der Waals surface area (Å²) in [6, 6.07) is 21.6. The van der Waals surface area contributed by atoms with E-state index in [4.69, 9.17) is 4.74 Å². The lowest BCUT2D eigenvalue weighted by Crippen LogP contribution is -2.41. The van der Waals surface area contributed by atoms with Crippen LogP contribution in [0.3, 0.4) is 0 Å². The number of likely N-dealkylation sites (N-methyl/N-ethyl adjacent to an activating group) is 1. The zero-order valence-corrected chi connectivity index (χ0v) is 25.1. The number of carbonyl (C=O) groups is 4. The Kier molecular flexibility index (Phi) is 9.95. The smallest absolute Gasteiger partial charge is 0.338 e. The molecule has 3 aromatic rings. The third-order valence-corrected chi connectivity index (χ3v) is 6.90. The van der Waals surface area contributed by atoms with Gasteiger partial charge < -0.3 is 30.1 Å². The summed E-state index contributed by atoms with van der Waals surface area (Å²) in [6.45, 7) is 2.48. The van der Waals surface area contributed by atoms with Gasteiger partial charge in [0, 0.05) is 44.0 Å². The summed E-state index contributed by atoms with van der Waals surface area (Å²) < 4.78 is 5.11. The first kappa shape index (κ1) is 31.0. The maximum atomic E-state index is 13.3. The zero-order valence-electron chi connectivity index (χ0n) is 25.1. The molecule has 3 amide bonds. The lowest BCUT2D eigenvalue weighted by atomic mass is 9.99. The molecule has 1 aliphatic rings. The Labute approximate surface area is 251 Å². The number of fused-ring (bicyclic) bond motifs is 1. The van der Waals surface area contributed by atoms with Crippen LogP contribution in [0.4, 0.5) is 17.1 Å². The highest BCUT2D eigenvalue weighted by atomic mass is 16.5. The molecule has 1 heterocycles. The van der Waals surface area contributed by atoms with Crippen molar-refractivity contribution in [1.29, 1.82) is 0 Å². The first-order chi connectivity index (χ1) is 20.6. The van der Waals surface area contributed by atoms with Gasteiger partial charge in [-0.2, -0.15) is 0 Å². The Balaban J connectivity index is 1.69. The van der Waals surface area contributed by atoms with Crippen LogP contribution >= 0.6 is 0 Å². The lowest BCUT2D eigenvalue weighted by molar-refractivity contribution is -0.129. The molecule has 3 aromatic carbocycles. The number of nitrogens with zero attached hydrogens (tertiary/aromatic N) is 3. The predicted octanol–water partition coefficient (Wildman–Crippen LogP) is 4.17. The molecule has 0 fully saturated rings. The van der Waals surface area contributed by atoms with E-state index in [9.17, 15) is 19.2 Å². The van der Waals surface area contributed by atoms with Gasteiger partial charge in [0.15, 0.2) is 0 Å². The summed E-state index contributed by atoms with van der Waals surface area (Å²) in [5, 5.41) is 6.28. The van der Waals surface area contributed by atoms with E-state index in [1.54, 1.807) is 51.4 Å². The van der Waals surface area contributed by atoms with Gasteiger partial charge in [0.2, 0.25) is 11.8 Å². The van der Waals surface area contributed by atoms with Crippen LogP contribution in [0.25, 0.3) is 11.3 Å². The normalized spacial score (nSPS) is 13.2. The second-order valence-electron chi connectivity index (χ2n) is 10.5. The van der Waals surface area contributed by atoms with Crippen molar-refractivity contribution >= 4 is 52.0 Å². The second kappa shape index (κ2) is 13.8. The van der Waals surface area contributed by atoms with E-state index in [-0.39, 0.29) is 37.3 Å². The topological polar surface area (TPSA) is 111 Å². The van der Waals surface area contributed by atoms with E-state index in [0.29, 0.717) is 46.0 Å². The molecule has 4 rings (SSSR count). The van der Waals surface area contributed by atoms with Gasteiger partial charge in [-0.1, -0.05) is 36.4 Å². The quantitative estimate of drug-likeness (QED) is 0.258. The summed E-state index contributed by atoms with van der Waals surface area (Å²) in [5.41, 5.74) is 4.59. The molecule has 0 unspecified atom stereocenters. The van der Waals surface area contributed by atoms with Crippen LogP contribution in [0, 0.1) is 0 Å². The third kappa shape index (κ3) is 7.47. The molecule has 10 heteroatoms. The molecule has 0 spiro atoms. The highest BCUT2D eigenvalue weighted by molar-refractivity contribution is 6.37. The molecular weight excluding hydrogens is 546 g/mol. The average molecular weight is 584 g/mol.